The number of carbonyl (C=O) groups excluding carboxylic acids is 2. The lowest BCUT2D eigenvalue weighted by atomic mass is 9.85. The van der Waals surface area contributed by atoms with E-state index >= 15 is 0 Å². The molecule has 0 aliphatic carbocycles. The third-order valence-corrected chi connectivity index (χ3v) is 4.78. The van der Waals surface area contributed by atoms with Gasteiger partial charge in [0.15, 0.2) is 5.82 Å². The van der Waals surface area contributed by atoms with Crippen molar-refractivity contribution < 1.29 is 9.59 Å². The molecule has 0 bridgehead atoms. The summed E-state index contributed by atoms with van der Waals surface area (Å²) in [5, 5.41) is 16.8. The Morgan fingerprint density at radius 3 is 2.52 bits per heavy atom. The Morgan fingerprint density at radius 2 is 1.85 bits per heavy atom. The molecule has 1 aliphatic heterocycles. The van der Waals surface area contributed by atoms with Gasteiger partial charge >= 0.3 is 0 Å². The first-order chi connectivity index (χ1) is 13.0. The van der Waals surface area contributed by atoms with E-state index < -0.39 is 5.92 Å². The van der Waals surface area contributed by atoms with Crippen molar-refractivity contribution in [2.75, 3.05) is 23.7 Å². The predicted molar refractivity (Wildman–Crippen MR) is 104 cm³/mol. The number of piperidine rings is 1. The van der Waals surface area contributed by atoms with Gasteiger partial charge in [-0.1, -0.05) is 44.2 Å². The van der Waals surface area contributed by atoms with E-state index in [9.17, 15) is 9.59 Å². The van der Waals surface area contributed by atoms with Gasteiger partial charge in [-0.2, -0.15) is 0 Å². The molecule has 3 rings (SSSR count). The molecular weight excluding hydrogens is 342 g/mol. The number of benzene rings is 1. The van der Waals surface area contributed by atoms with Crippen molar-refractivity contribution in [3.8, 4) is 0 Å². The van der Waals surface area contributed by atoms with Gasteiger partial charge in [0.2, 0.25) is 11.8 Å². The Kier molecular flexibility index (Phi) is 5.69. The van der Waals surface area contributed by atoms with Crippen LogP contribution in [0.4, 0.5) is 11.6 Å². The number of nitrogens with zero attached hydrogens (tertiary/aromatic N) is 2. The molecule has 0 spiro atoms. The molecule has 0 saturated carbocycles. The molecule has 1 unspecified atom stereocenters. The number of aromatic nitrogens is 2. The predicted octanol–water partition coefficient (Wildman–Crippen LogP) is 2.33. The van der Waals surface area contributed by atoms with Crippen LogP contribution in [0.2, 0.25) is 0 Å². The van der Waals surface area contributed by atoms with Crippen LogP contribution in [-0.2, 0) is 15.0 Å². The highest BCUT2D eigenvalue weighted by molar-refractivity contribution is 6.06. The van der Waals surface area contributed by atoms with E-state index in [-0.39, 0.29) is 17.2 Å². The monoisotopic (exact) mass is 367 g/mol. The zero-order valence-corrected chi connectivity index (χ0v) is 15.7. The second kappa shape index (κ2) is 8.16. The zero-order valence-electron chi connectivity index (χ0n) is 15.7. The summed E-state index contributed by atoms with van der Waals surface area (Å²) < 4.78 is 0. The smallest absolute Gasteiger partial charge is 0.238 e. The van der Waals surface area contributed by atoms with E-state index in [1.165, 1.54) is 5.56 Å². The Morgan fingerprint density at radius 1 is 1.15 bits per heavy atom. The van der Waals surface area contributed by atoms with E-state index in [0.717, 1.165) is 6.42 Å². The quantitative estimate of drug-likeness (QED) is 0.681. The summed E-state index contributed by atoms with van der Waals surface area (Å²) in [6, 6.07) is 13.7. The third kappa shape index (κ3) is 4.81. The van der Waals surface area contributed by atoms with E-state index in [4.69, 9.17) is 0 Å². The van der Waals surface area contributed by atoms with Gasteiger partial charge < -0.3 is 16.0 Å². The molecule has 142 valence electrons. The van der Waals surface area contributed by atoms with Crippen LogP contribution in [0.5, 0.6) is 0 Å². The number of amides is 2. The van der Waals surface area contributed by atoms with Crippen molar-refractivity contribution in [2.24, 2.45) is 5.92 Å². The van der Waals surface area contributed by atoms with Crippen molar-refractivity contribution in [1.82, 2.24) is 15.5 Å². The van der Waals surface area contributed by atoms with Gasteiger partial charge in [-0.05, 0) is 30.5 Å². The first kappa shape index (κ1) is 18.8. The van der Waals surface area contributed by atoms with Crippen molar-refractivity contribution in [1.29, 1.82) is 0 Å². The standard InChI is InChI=1S/C20H25N5O2/c1-20(2,14-7-4-3-5-8-14)13-22-16-10-11-17(25-24-16)23-19(27)15-9-6-12-21-18(15)26/h3-5,7-8,10-11,15H,6,9,12-13H2,1-2H3,(H,21,26)(H,22,24)(H,23,25,27). The van der Waals surface area contributed by atoms with E-state index in [1.54, 1.807) is 12.1 Å². The molecule has 7 heteroatoms. The summed E-state index contributed by atoms with van der Waals surface area (Å²) in [5.74, 6) is -0.260. The van der Waals surface area contributed by atoms with Crippen molar-refractivity contribution >= 4 is 23.5 Å². The SMILES string of the molecule is CC(C)(CNc1ccc(NC(=O)C2CCCNC2=O)nn1)c1ccccc1. The van der Waals surface area contributed by atoms with Crippen LogP contribution in [0.1, 0.15) is 32.3 Å². The fraction of sp³-hybridized carbons (Fsp3) is 0.400. The molecule has 1 saturated heterocycles. The van der Waals surface area contributed by atoms with E-state index in [1.807, 2.05) is 18.2 Å². The highest BCUT2D eigenvalue weighted by Gasteiger charge is 2.29. The Labute approximate surface area is 159 Å². The van der Waals surface area contributed by atoms with Gasteiger partial charge in [0.25, 0.3) is 0 Å². The normalized spacial score (nSPS) is 17.1. The molecule has 1 atom stereocenters. The molecule has 7 nitrogen and oxygen atoms in total. The largest absolute Gasteiger partial charge is 0.368 e. The molecule has 2 heterocycles. The van der Waals surface area contributed by atoms with E-state index in [2.05, 4.69) is 52.1 Å². The topological polar surface area (TPSA) is 96.0 Å². The molecule has 3 N–H and O–H groups in total. The minimum atomic E-state index is -0.662. The molecule has 1 aromatic carbocycles. The van der Waals surface area contributed by atoms with Gasteiger partial charge in [0.05, 0.1) is 0 Å². The minimum Gasteiger partial charge on any atom is -0.368 e. The van der Waals surface area contributed by atoms with Crippen LogP contribution >= 0.6 is 0 Å². The van der Waals surface area contributed by atoms with Gasteiger partial charge in [-0.3, -0.25) is 9.59 Å². The summed E-state index contributed by atoms with van der Waals surface area (Å²) in [7, 11) is 0. The number of hydrogen-bond acceptors (Lipinski definition) is 5. The lowest BCUT2D eigenvalue weighted by Gasteiger charge is -2.25. The maximum absolute atomic E-state index is 12.2. The van der Waals surface area contributed by atoms with Crippen LogP contribution in [0.15, 0.2) is 42.5 Å². The van der Waals surface area contributed by atoms with Gasteiger partial charge in [0, 0.05) is 18.5 Å². The highest BCUT2D eigenvalue weighted by Crippen LogP contribution is 2.23. The molecule has 0 radical (unpaired) electrons. The molecule has 1 aliphatic rings. The van der Waals surface area contributed by atoms with Crippen LogP contribution < -0.4 is 16.0 Å². The van der Waals surface area contributed by atoms with Gasteiger partial charge in [-0.25, -0.2) is 0 Å². The number of rotatable bonds is 6. The highest BCUT2D eigenvalue weighted by atomic mass is 16.2. The number of carbonyl (C=O) groups is 2. The average molecular weight is 367 g/mol. The summed E-state index contributed by atoms with van der Waals surface area (Å²) in [5.41, 5.74) is 1.17. The second-order valence-electron chi connectivity index (χ2n) is 7.38. The first-order valence-electron chi connectivity index (χ1n) is 9.17. The maximum Gasteiger partial charge on any atom is 0.238 e. The molecule has 1 fully saturated rings. The summed E-state index contributed by atoms with van der Waals surface area (Å²) in [4.78, 5) is 24.0. The van der Waals surface area contributed by atoms with Crippen LogP contribution in [0.25, 0.3) is 0 Å². The maximum atomic E-state index is 12.2. The first-order valence-corrected chi connectivity index (χ1v) is 9.17. The number of anilines is 2. The summed E-state index contributed by atoms with van der Waals surface area (Å²) in [6.45, 7) is 5.64. The summed E-state index contributed by atoms with van der Waals surface area (Å²) >= 11 is 0. The number of hydrogen-bond donors (Lipinski definition) is 3. The third-order valence-electron chi connectivity index (χ3n) is 4.78. The van der Waals surface area contributed by atoms with Crippen LogP contribution in [0.3, 0.4) is 0 Å². The fourth-order valence-corrected chi connectivity index (χ4v) is 3.03. The number of nitrogens with one attached hydrogen (secondary N) is 3. The minimum absolute atomic E-state index is 0.0653. The molecule has 1 aromatic heterocycles. The van der Waals surface area contributed by atoms with Crippen molar-refractivity contribution in [3.63, 3.8) is 0 Å². The van der Waals surface area contributed by atoms with Gasteiger partial charge in [-0.15, -0.1) is 10.2 Å². The molecule has 2 aromatic rings. The summed E-state index contributed by atoms with van der Waals surface area (Å²) in [6.07, 6.45) is 1.36. The average Bonchev–Trinajstić information content (AvgIpc) is 2.68. The van der Waals surface area contributed by atoms with Crippen LogP contribution in [-0.4, -0.2) is 35.1 Å². The fourth-order valence-electron chi connectivity index (χ4n) is 3.03. The lowest BCUT2D eigenvalue weighted by Crippen LogP contribution is -2.42. The Balaban J connectivity index is 1.56. The molecule has 2 amide bonds. The van der Waals surface area contributed by atoms with Crippen molar-refractivity contribution in [2.45, 2.75) is 32.1 Å². The second-order valence-corrected chi connectivity index (χ2v) is 7.38. The molecular formula is C20H25N5O2. The zero-order chi connectivity index (χ0) is 19.3. The van der Waals surface area contributed by atoms with E-state index in [0.29, 0.717) is 31.1 Å². The Hall–Kier alpha value is -2.96. The molecule has 27 heavy (non-hydrogen) atoms. The Bertz CT molecular complexity index is 790. The van der Waals surface area contributed by atoms with Crippen molar-refractivity contribution in [3.05, 3.63) is 48.0 Å². The van der Waals surface area contributed by atoms with Crippen LogP contribution in [0, 0.1) is 5.92 Å². The lowest BCUT2D eigenvalue weighted by molar-refractivity contribution is -0.134. The van der Waals surface area contributed by atoms with Gasteiger partial charge in [0.1, 0.15) is 11.7 Å².